The van der Waals surface area contributed by atoms with E-state index in [4.69, 9.17) is 4.74 Å². The van der Waals surface area contributed by atoms with Gasteiger partial charge in [-0.05, 0) is 19.1 Å². The molecule has 0 spiro atoms. The summed E-state index contributed by atoms with van der Waals surface area (Å²) in [5, 5.41) is 0.609. The lowest BCUT2D eigenvalue weighted by atomic mass is 10.0. The van der Waals surface area contributed by atoms with E-state index in [1.54, 1.807) is 19.5 Å². The molecule has 128 valence electrons. The minimum absolute atomic E-state index is 0.0321. The Balaban J connectivity index is 1.68. The maximum Gasteiger partial charge on any atom is 0.258 e. The van der Waals surface area contributed by atoms with Gasteiger partial charge in [0.2, 0.25) is 5.88 Å². The van der Waals surface area contributed by atoms with Gasteiger partial charge in [-0.1, -0.05) is 12.1 Å². The van der Waals surface area contributed by atoms with Gasteiger partial charge in [0.15, 0.2) is 0 Å². The van der Waals surface area contributed by atoms with Crippen molar-refractivity contribution in [3.05, 3.63) is 58.0 Å². The Morgan fingerprint density at radius 3 is 2.96 bits per heavy atom. The van der Waals surface area contributed by atoms with Crippen molar-refractivity contribution in [1.82, 2.24) is 24.8 Å². The zero-order chi connectivity index (χ0) is 17.4. The number of nitrogens with one attached hydrogen (secondary N) is 1. The second-order valence-electron chi connectivity index (χ2n) is 6.17. The van der Waals surface area contributed by atoms with Crippen LogP contribution in [-0.2, 0) is 13.0 Å². The van der Waals surface area contributed by atoms with Crippen LogP contribution in [0, 0.1) is 0 Å². The maximum absolute atomic E-state index is 12.3. The highest BCUT2D eigenvalue weighted by molar-refractivity contribution is 5.77. The van der Waals surface area contributed by atoms with E-state index < -0.39 is 0 Å². The van der Waals surface area contributed by atoms with Gasteiger partial charge >= 0.3 is 0 Å². The molecule has 1 atom stereocenters. The number of para-hydroxylation sites is 1. The van der Waals surface area contributed by atoms with Crippen LogP contribution in [0.5, 0.6) is 5.88 Å². The quantitative estimate of drug-likeness (QED) is 0.785. The highest BCUT2D eigenvalue weighted by atomic mass is 16.5. The molecule has 0 fully saturated rings. The van der Waals surface area contributed by atoms with Crippen molar-refractivity contribution in [2.24, 2.45) is 0 Å². The van der Waals surface area contributed by atoms with Gasteiger partial charge in [0.25, 0.3) is 5.56 Å². The van der Waals surface area contributed by atoms with E-state index in [0.29, 0.717) is 29.2 Å². The van der Waals surface area contributed by atoms with Gasteiger partial charge in [0.05, 0.1) is 29.7 Å². The standard InChI is InChI=1S/C18H19N5O2/c1-11(16-21-15-6-4-3-5-12(15)17(24)22-16)23-8-7-14-13(9-23)18(25-2)20-10-19-14/h3-6,10-11H,7-9H2,1-2H3,(H,21,22,24)/t11-/m1/s1. The molecule has 0 saturated heterocycles. The van der Waals surface area contributed by atoms with Gasteiger partial charge in [0, 0.05) is 25.1 Å². The summed E-state index contributed by atoms with van der Waals surface area (Å²) >= 11 is 0. The molecule has 7 heteroatoms. The number of aromatic amines is 1. The minimum Gasteiger partial charge on any atom is -0.481 e. The number of fused-ring (bicyclic) bond motifs is 2. The van der Waals surface area contributed by atoms with Crippen LogP contribution >= 0.6 is 0 Å². The summed E-state index contributed by atoms with van der Waals surface area (Å²) in [6.07, 6.45) is 2.36. The number of benzene rings is 1. The van der Waals surface area contributed by atoms with Gasteiger partial charge in [-0.25, -0.2) is 15.0 Å². The van der Waals surface area contributed by atoms with Crippen molar-refractivity contribution in [2.75, 3.05) is 13.7 Å². The first-order valence-corrected chi connectivity index (χ1v) is 8.27. The molecule has 1 aliphatic heterocycles. The number of rotatable bonds is 3. The molecule has 0 radical (unpaired) electrons. The normalized spacial score (nSPS) is 15.8. The number of methoxy groups -OCH3 is 1. The molecule has 2 aromatic heterocycles. The number of hydrogen-bond acceptors (Lipinski definition) is 6. The van der Waals surface area contributed by atoms with Gasteiger partial charge in [-0.2, -0.15) is 0 Å². The zero-order valence-corrected chi connectivity index (χ0v) is 14.2. The van der Waals surface area contributed by atoms with Gasteiger partial charge in [0.1, 0.15) is 12.2 Å². The van der Waals surface area contributed by atoms with Crippen LogP contribution in [0.4, 0.5) is 0 Å². The topological polar surface area (TPSA) is 84.0 Å². The molecule has 1 aromatic carbocycles. The highest BCUT2D eigenvalue weighted by Gasteiger charge is 2.26. The molecule has 1 aliphatic rings. The van der Waals surface area contributed by atoms with E-state index in [1.165, 1.54) is 0 Å². The largest absolute Gasteiger partial charge is 0.481 e. The molecule has 1 N–H and O–H groups in total. The average Bonchev–Trinajstić information content (AvgIpc) is 2.66. The van der Waals surface area contributed by atoms with Crippen molar-refractivity contribution >= 4 is 10.9 Å². The fourth-order valence-corrected chi connectivity index (χ4v) is 3.32. The predicted molar refractivity (Wildman–Crippen MR) is 93.5 cm³/mol. The van der Waals surface area contributed by atoms with Crippen LogP contribution in [0.2, 0.25) is 0 Å². The molecular formula is C18H19N5O2. The molecule has 4 rings (SSSR count). The maximum atomic E-state index is 12.3. The lowest BCUT2D eigenvalue weighted by Gasteiger charge is -2.32. The van der Waals surface area contributed by atoms with Crippen LogP contribution < -0.4 is 10.3 Å². The van der Waals surface area contributed by atoms with Crippen molar-refractivity contribution in [3.63, 3.8) is 0 Å². The third-order valence-corrected chi connectivity index (χ3v) is 4.76. The van der Waals surface area contributed by atoms with Crippen LogP contribution in [0.15, 0.2) is 35.4 Å². The summed E-state index contributed by atoms with van der Waals surface area (Å²) in [4.78, 5) is 30.7. The predicted octanol–water partition coefficient (Wildman–Crippen LogP) is 1.84. The number of hydrogen-bond donors (Lipinski definition) is 1. The second-order valence-corrected chi connectivity index (χ2v) is 6.17. The molecule has 3 heterocycles. The Morgan fingerprint density at radius 2 is 2.12 bits per heavy atom. The third kappa shape index (κ3) is 2.76. The second kappa shape index (κ2) is 6.25. The molecule has 3 aromatic rings. The summed E-state index contributed by atoms with van der Waals surface area (Å²) in [7, 11) is 1.62. The zero-order valence-electron chi connectivity index (χ0n) is 14.2. The highest BCUT2D eigenvalue weighted by Crippen LogP contribution is 2.29. The van der Waals surface area contributed by atoms with Crippen molar-refractivity contribution in [3.8, 4) is 5.88 Å². The first-order chi connectivity index (χ1) is 12.2. The smallest absolute Gasteiger partial charge is 0.258 e. The fourth-order valence-electron chi connectivity index (χ4n) is 3.32. The minimum atomic E-state index is -0.106. The van der Waals surface area contributed by atoms with Crippen molar-refractivity contribution < 1.29 is 4.74 Å². The fraction of sp³-hybridized carbons (Fsp3) is 0.333. The molecule has 0 aliphatic carbocycles. The van der Waals surface area contributed by atoms with Crippen LogP contribution in [0.3, 0.4) is 0 Å². The van der Waals surface area contributed by atoms with Crippen molar-refractivity contribution in [2.45, 2.75) is 25.9 Å². The first-order valence-electron chi connectivity index (χ1n) is 8.27. The number of ether oxygens (including phenoxy) is 1. The van der Waals surface area contributed by atoms with E-state index >= 15 is 0 Å². The summed E-state index contributed by atoms with van der Waals surface area (Å²) < 4.78 is 5.37. The van der Waals surface area contributed by atoms with E-state index in [0.717, 1.165) is 24.2 Å². The van der Waals surface area contributed by atoms with E-state index in [2.05, 4.69) is 24.8 Å². The van der Waals surface area contributed by atoms with Gasteiger partial charge in [-0.15, -0.1) is 0 Å². The Kier molecular flexibility index (Phi) is 3.93. The van der Waals surface area contributed by atoms with Crippen LogP contribution in [0.1, 0.15) is 30.0 Å². The Morgan fingerprint density at radius 1 is 1.28 bits per heavy atom. The monoisotopic (exact) mass is 337 g/mol. The average molecular weight is 337 g/mol. The molecule has 0 unspecified atom stereocenters. The van der Waals surface area contributed by atoms with Gasteiger partial charge < -0.3 is 9.72 Å². The molecular weight excluding hydrogens is 318 g/mol. The molecule has 0 amide bonds. The lowest BCUT2D eigenvalue weighted by Crippen LogP contribution is -2.35. The Labute approximate surface area is 144 Å². The summed E-state index contributed by atoms with van der Waals surface area (Å²) in [6, 6.07) is 7.35. The van der Waals surface area contributed by atoms with E-state index in [1.807, 2.05) is 25.1 Å². The lowest BCUT2D eigenvalue weighted by molar-refractivity contribution is 0.179. The third-order valence-electron chi connectivity index (χ3n) is 4.76. The first kappa shape index (κ1) is 15.7. The van der Waals surface area contributed by atoms with E-state index in [9.17, 15) is 4.79 Å². The molecule has 25 heavy (non-hydrogen) atoms. The summed E-state index contributed by atoms with van der Waals surface area (Å²) in [6.45, 7) is 3.55. The summed E-state index contributed by atoms with van der Waals surface area (Å²) in [5.41, 5.74) is 2.64. The SMILES string of the molecule is COc1ncnc2c1CN([C@H](C)c1nc3ccccc3c(=O)[nH]1)CC2. The Bertz CT molecular complexity index is 970. The van der Waals surface area contributed by atoms with Crippen LogP contribution in [0.25, 0.3) is 10.9 Å². The van der Waals surface area contributed by atoms with Gasteiger partial charge in [-0.3, -0.25) is 9.69 Å². The molecule has 7 nitrogen and oxygen atoms in total. The Hall–Kier alpha value is -2.80. The number of aromatic nitrogens is 4. The summed E-state index contributed by atoms with van der Waals surface area (Å²) in [5.74, 6) is 1.28. The molecule has 0 bridgehead atoms. The van der Waals surface area contributed by atoms with Crippen molar-refractivity contribution in [1.29, 1.82) is 0 Å². The number of nitrogens with zero attached hydrogens (tertiary/aromatic N) is 4. The van der Waals surface area contributed by atoms with E-state index in [-0.39, 0.29) is 11.6 Å². The number of H-pyrrole nitrogens is 1. The molecule has 0 saturated carbocycles. The van der Waals surface area contributed by atoms with Crippen LogP contribution in [-0.4, -0.2) is 38.5 Å².